The van der Waals surface area contributed by atoms with Gasteiger partial charge < -0.3 is 10.2 Å². The van der Waals surface area contributed by atoms with Gasteiger partial charge in [0.25, 0.3) is 0 Å². The molecule has 1 aliphatic carbocycles. The topological polar surface area (TPSA) is 40.5 Å². The van der Waals surface area contributed by atoms with Crippen LogP contribution in [0.25, 0.3) is 11.1 Å². The van der Waals surface area contributed by atoms with Crippen LogP contribution in [-0.4, -0.2) is 23.4 Å². The van der Waals surface area contributed by atoms with Gasteiger partial charge in [0.1, 0.15) is 0 Å². The van der Waals surface area contributed by atoms with E-state index >= 15 is 0 Å². The van der Waals surface area contributed by atoms with Crippen molar-refractivity contribution in [2.75, 3.05) is 13.2 Å². The average molecular weight is 254 g/mol. The van der Waals surface area contributed by atoms with E-state index in [4.69, 9.17) is 0 Å². The van der Waals surface area contributed by atoms with Gasteiger partial charge in [0.2, 0.25) is 0 Å². The Morgan fingerprint density at radius 3 is 1.58 bits per heavy atom. The summed E-state index contributed by atoms with van der Waals surface area (Å²) >= 11 is 0. The highest BCUT2D eigenvalue weighted by atomic mass is 16.3. The lowest BCUT2D eigenvalue weighted by Crippen LogP contribution is -2.34. The van der Waals surface area contributed by atoms with Gasteiger partial charge in [-0.3, -0.25) is 0 Å². The van der Waals surface area contributed by atoms with Gasteiger partial charge in [-0.1, -0.05) is 47.5 Å². The molecule has 1 aliphatic rings. The van der Waals surface area contributed by atoms with E-state index in [2.05, 4.69) is 36.4 Å². The van der Waals surface area contributed by atoms with E-state index in [1.165, 1.54) is 0 Å². The zero-order chi connectivity index (χ0) is 13.6. The van der Waals surface area contributed by atoms with E-state index in [-0.39, 0.29) is 13.2 Å². The van der Waals surface area contributed by atoms with Crippen molar-refractivity contribution in [1.82, 2.24) is 0 Å². The lowest BCUT2D eigenvalue weighted by molar-refractivity contribution is 0.146. The molecule has 0 saturated heterocycles. The molecule has 0 heterocycles. The highest BCUT2D eigenvalue weighted by Crippen LogP contribution is 2.49. The molecule has 2 heteroatoms. The Bertz CT molecular complexity index is 586. The maximum absolute atomic E-state index is 9.93. The molecule has 0 atom stereocenters. The van der Waals surface area contributed by atoms with Gasteiger partial charge in [-0.15, -0.1) is 0 Å². The van der Waals surface area contributed by atoms with Crippen LogP contribution >= 0.6 is 0 Å². The summed E-state index contributed by atoms with van der Waals surface area (Å²) in [5, 5.41) is 19.9. The number of aliphatic hydroxyl groups is 2. The van der Waals surface area contributed by atoms with Crippen LogP contribution in [0, 0.1) is 13.8 Å². The fourth-order valence-corrected chi connectivity index (χ4v) is 3.11. The lowest BCUT2D eigenvalue weighted by Gasteiger charge is -2.27. The highest BCUT2D eigenvalue weighted by molar-refractivity contribution is 5.81. The zero-order valence-electron chi connectivity index (χ0n) is 11.3. The summed E-state index contributed by atoms with van der Waals surface area (Å²) in [6.07, 6.45) is 0. The van der Waals surface area contributed by atoms with Gasteiger partial charge in [0.05, 0.1) is 18.6 Å². The zero-order valence-corrected chi connectivity index (χ0v) is 11.3. The lowest BCUT2D eigenvalue weighted by atomic mass is 9.79. The van der Waals surface area contributed by atoms with E-state index in [1.807, 2.05) is 13.8 Å². The van der Waals surface area contributed by atoms with Crippen LogP contribution in [0.4, 0.5) is 0 Å². The maximum atomic E-state index is 9.93. The number of hydrogen-bond acceptors (Lipinski definition) is 2. The van der Waals surface area contributed by atoms with Crippen LogP contribution in [0.5, 0.6) is 0 Å². The average Bonchev–Trinajstić information content (AvgIpc) is 2.67. The van der Waals surface area contributed by atoms with Crippen molar-refractivity contribution in [1.29, 1.82) is 0 Å². The molecule has 19 heavy (non-hydrogen) atoms. The van der Waals surface area contributed by atoms with Crippen LogP contribution in [0.1, 0.15) is 22.3 Å². The van der Waals surface area contributed by atoms with Crippen molar-refractivity contribution in [2.45, 2.75) is 19.3 Å². The predicted molar refractivity (Wildman–Crippen MR) is 76.3 cm³/mol. The van der Waals surface area contributed by atoms with Crippen molar-refractivity contribution in [3.8, 4) is 11.1 Å². The monoisotopic (exact) mass is 254 g/mol. The molecular formula is C17H18O2. The molecular weight excluding hydrogens is 236 g/mol. The fourth-order valence-electron chi connectivity index (χ4n) is 3.11. The summed E-state index contributed by atoms with van der Waals surface area (Å²) in [5.41, 5.74) is 5.97. The van der Waals surface area contributed by atoms with Crippen molar-refractivity contribution >= 4 is 0 Å². The molecule has 0 radical (unpaired) electrons. The number of fused-ring (bicyclic) bond motifs is 3. The van der Waals surface area contributed by atoms with E-state index in [0.29, 0.717) is 0 Å². The number of aliphatic hydroxyl groups excluding tert-OH is 2. The second-order valence-corrected chi connectivity index (χ2v) is 5.50. The molecule has 2 aromatic carbocycles. The summed E-state index contributed by atoms with van der Waals surface area (Å²) < 4.78 is 0. The van der Waals surface area contributed by atoms with Crippen molar-refractivity contribution in [2.24, 2.45) is 0 Å². The molecule has 2 aromatic rings. The standard InChI is InChI=1S/C17H18O2/c1-11-3-5-13-14-6-4-12(2)8-16(14)17(9-18,10-19)15(13)7-11/h3-8,18-19H,9-10H2,1-2H3. The Morgan fingerprint density at radius 1 is 0.789 bits per heavy atom. The SMILES string of the molecule is Cc1ccc2c(c1)C(CO)(CO)c1cc(C)ccc1-2. The largest absolute Gasteiger partial charge is 0.395 e. The van der Waals surface area contributed by atoms with E-state index in [1.54, 1.807) is 0 Å². The molecule has 2 nitrogen and oxygen atoms in total. The molecule has 0 aliphatic heterocycles. The van der Waals surface area contributed by atoms with Crippen molar-refractivity contribution in [3.63, 3.8) is 0 Å². The summed E-state index contributed by atoms with van der Waals surface area (Å²) in [4.78, 5) is 0. The first-order chi connectivity index (χ1) is 9.12. The van der Waals surface area contributed by atoms with Gasteiger partial charge in [-0.2, -0.15) is 0 Å². The molecule has 0 bridgehead atoms. The molecule has 0 aromatic heterocycles. The van der Waals surface area contributed by atoms with E-state index in [0.717, 1.165) is 33.4 Å². The number of rotatable bonds is 2. The summed E-state index contributed by atoms with van der Waals surface area (Å²) in [6.45, 7) is 3.93. The summed E-state index contributed by atoms with van der Waals surface area (Å²) in [5.74, 6) is 0. The van der Waals surface area contributed by atoms with Crippen LogP contribution < -0.4 is 0 Å². The fraction of sp³-hybridized carbons (Fsp3) is 0.294. The smallest absolute Gasteiger partial charge is 0.0676 e. The molecule has 0 unspecified atom stereocenters. The number of hydrogen-bond donors (Lipinski definition) is 2. The van der Waals surface area contributed by atoms with Gasteiger partial charge in [0.15, 0.2) is 0 Å². The first-order valence-electron chi connectivity index (χ1n) is 6.57. The molecule has 0 amide bonds. The predicted octanol–water partition coefficient (Wildman–Crippen LogP) is 2.55. The van der Waals surface area contributed by atoms with Crippen molar-refractivity contribution < 1.29 is 10.2 Å². The second-order valence-electron chi connectivity index (χ2n) is 5.50. The molecule has 2 N–H and O–H groups in total. The van der Waals surface area contributed by atoms with Gasteiger partial charge in [-0.05, 0) is 36.1 Å². The Balaban J connectivity index is 2.38. The van der Waals surface area contributed by atoms with Gasteiger partial charge >= 0.3 is 0 Å². The molecule has 0 spiro atoms. The first-order valence-corrected chi connectivity index (χ1v) is 6.57. The van der Waals surface area contributed by atoms with Crippen LogP contribution in [-0.2, 0) is 5.41 Å². The van der Waals surface area contributed by atoms with Crippen LogP contribution in [0.15, 0.2) is 36.4 Å². The third kappa shape index (κ3) is 1.57. The van der Waals surface area contributed by atoms with Crippen molar-refractivity contribution in [3.05, 3.63) is 58.7 Å². The first kappa shape index (κ1) is 12.4. The third-order valence-corrected chi connectivity index (χ3v) is 4.21. The van der Waals surface area contributed by atoms with Crippen LogP contribution in [0.3, 0.4) is 0 Å². The Labute approximate surface area is 113 Å². The number of benzene rings is 2. The minimum absolute atomic E-state index is 0.0730. The van der Waals surface area contributed by atoms with E-state index in [9.17, 15) is 10.2 Å². The summed E-state index contributed by atoms with van der Waals surface area (Å²) in [6, 6.07) is 12.5. The highest BCUT2D eigenvalue weighted by Gasteiger charge is 2.42. The quantitative estimate of drug-likeness (QED) is 0.864. The normalized spacial score (nSPS) is 15.2. The Kier molecular flexibility index (Phi) is 2.73. The molecule has 98 valence electrons. The minimum Gasteiger partial charge on any atom is -0.395 e. The Hall–Kier alpha value is -1.64. The number of aryl methyl sites for hydroxylation is 2. The Morgan fingerprint density at radius 2 is 1.21 bits per heavy atom. The maximum Gasteiger partial charge on any atom is 0.0676 e. The molecule has 3 rings (SSSR count). The van der Waals surface area contributed by atoms with Gasteiger partial charge in [-0.25, -0.2) is 0 Å². The molecule has 0 saturated carbocycles. The third-order valence-electron chi connectivity index (χ3n) is 4.21. The van der Waals surface area contributed by atoms with E-state index < -0.39 is 5.41 Å². The minimum atomic E-state index is -0.664. The van der Waals surface area contributed by atoms with Gasteiger partial charge in [0, 0.05) is 0 Å². The summed E-state index contributed by atoms with van der Waals surface area (Å²) in [7, 11) is 0. The van der Waals surface area contributed by atoms with Crippen LogP contribution in [0.2, 0.25) is 0 Å². The second kappa shape index (κ2) is 4.19. The molecule has 0 fully saturated rings.